The Bertz CT molecular complexity index is 539. The van der Waals surface area contributed by atoms with Crippen LogP contribution in [0.15, 0.2) is 18.2 Å². The maximum Gasteiger partial charge on any atom is 0.0459 e. The molecule has 0 amide bonds. The van der Waals surface area contributed by atoms with Gasteiger partial charge in [-0.05, 0) is 61.4 Å². The second-order valence-corrected chi connectivity index (χ2v) is 5.23. The molecule has 2 nitrogen and oxygen atoms in total. The Balaban J connectivity index is 2.14. The third kappa shape index (κ3) is 1.77. The summed E-state index contributed by atoms with van der Waals surface area (Å²) in [5.74, 6) is 0.452. The molecule has 0 radical (unpaired) electrons. The average Bonchev–Trinajstić information content (AvgIpc) is 2.75. The zero-order chi connectivity index (χ0) is 11.8. The molecule has 0 spiro atoms. The number of H-pyrrole nitrogens is 1. The van der Waals surface area contributed by atoms with Crippen molar-refractivity contribution in [1.82, 2.24) is 4.98 Å². The number of aromatic amines is 1. The largest absolute Gasteiger partial charge is 0.358 e. The minimum absolute atomic E-state index is 0.452. The lowest BCUT2D eigenvalue weighted by atomic mass is 9.93. The fraction of sp³-hybridized carbons (Fsp3) is 0.467. The Morgan fingerprint density at radius 2 is 2.12 bits per heavy atom. The normalized spacial score (nSPS) is 17.1. The van der Waals surface area contributed by atoms with Crippen LogP contribution < -0.4 is 5.73 Å². The predicted octanol–water partition coefficient (Wildman–Crippen LogP) is 3.11. The molecule has 0 aliphatic heterocycles. The number of benzene rings is 1. The van der Waals surface area contributed by atoms with Crippen LogP contribution >= 0.6 is 0 Å². The number of fused-ring (bicyclic) bond motifs is 3. The van der Waals surface area contributed by atoms with Crippen molar-refractivity contribution in [1.29, 1.82) is 0 Å². The lowest BCUT2D eigenvalue weighted by molar-refractivity contribution is 0.680. The highest BCUT2D eigenvalue weighted by Crippen LogP contribution is 2.30. The van der Waals surface area contributed by atoms with Gasteiger partial charge < -0.3 is 10.7 Å². The first-order valence-electron chi connectivity index (χ1n) is 6.63. The Hall–Kier alpha value is -1.28. The first-order chi connectivity index (χ1) is 8.29. The van der Waals surface area contributed by atoms with Gasteiger partial charge in [-0.3, -0.25) is 0 Å². The average molecular weight is 228 g/mol. The molecule has 1 atom stereocenters. The summed E-state index contributed by atoms with van der Waals surface area (Å²) in [5.41, 5.74) is 11.4. The van der Waals surface area contributed by atoms with Crippen LogP contribution in [0, 0.1) is 0 Å². The fourth-order valence-electron chi connectivity index (χ4n) is 2.87. The van der Waals surface area contributed by atoms with Crippen LogP contribution in [-0.4, -0.2) is 11.5 Å². The van der Waals surface area contributed by atoms with Crippen molar-refractivity contribution >= 4 is 10.9 Å². The molecule has 3 rings (SSSR count). The zero-order valence-electron chi connectivity index (χ0n) is 10.4. The molecule has 3 N–H and O–H groups in total. The van der Waals surface area contributed by atoms with Gasteiger partial charge in [0.25, 0.3) is 0 Å². The number of aryl methyl sites for hydroxylation is 2. The highest BCUT2D eigenvalue weighted by molar-refractivity contribution is 5.85. The quantitative estimate of drug-likeness (QED) is 0.814. The topological polar surface area (TPSA) is 41.8 Å². The molecule has 0 fully saturated rings. The summed E-state index contributed by atoms with van der Waals surface area (Å²) in [6, 6.07) is 6.77. The van der Waals surface area contributed by atoms with Crippen LogP contribution in [0.25, 0.3) is 10.9 Å². The molecule has 1 aliphatic rings. The predicted molar refractivity (Wildman–Crippen MR) is 72.4 cm³/mol. The van der Waals surface area contributed by atoms with E-state index in [1.165, 1.54) is 47.8 Å². The van der Waals surface area contributed by atoms with Crippen molar-refractivity contribution in [3.05, 3.63) is 35.0 Å². The standard InChI is InChI=1S/C15H20N2/c1-10(9-16)11-6-7-15-13(8-11)12-4-2-3-5-14(12)17-15/h6-8,10,17H,2-5,9,16H2,1H3. The van der Waals surface area contributed by atoms with E-state index in [0.29, 0.717) is 5.92 Å². The lowest BCUT2D eigenvalue weighted by Gasteiger charge is -2.12. The second kappa shape index (κ2) is 4.19. The third-order valence-corrected chi connectivity index (χ3v) is 4.04. The summed E-state index contributed by atoms with van der Waals surface area (Å²) in [7, 11) is 0. The third-order valence-electron chi connectivity index (χ3n) is 4.04. The summed E-state index contributed by atoms with van der Waals surface area (Å²) in [4.78, 5) is 3.57. The van der Waals surface area contributed by atoms with Crippen LogP contribution in [0.3, 0.4) is 0 Å². The van der Waals surface area contributed by atoms with Crippen molar-refractivity contribution in [2.45, 2.75) is 38.5 Å². The van der Waals surface area contributed by atoms with E-state index >= 15 is 0 Å². The molecule has 0 bridgehead atoms. The van der Waals surface area contributed by atoms with Crippen LogP contribution in [-0.2, 0) is 12.8 Å². The van der Waals surface area contributed by atoms with Crippen LogP contribution in [0.5, 0.6) is 0 Å². The molecule has 0 saturated carbocycles. The van der Waals surface area contributed by atoms with Gasteiger partial charge in [0.2, 0.25) is 0 Å². The van der Waals surface area contributed by atoms with Gasteiger partial charge in [-0.2, -0.15) is 0 Å². The highest BCUT2D eigenvalue weighted by atomic mass is 14.7. The van der Waals surface area contributed by atoms with E-state index in [2.05, 4.69) is 30.1 Å². The Kier molecular flexibility index (Phi) is 2.67. The van der Waals surface area contributed by atoms with Gasteiger partial charge in [-0.15, -0.1) is 0 Å². The minimum Gasteiger partial charge on any atom is -0.358 e. The summed E-state index contributed by atoms with van der Waals surface area (Å²) >= 11 is 0. The van der Waals surface area contributed by atoms with Crippen LogP contribution in [0.1, 0.15) is 42.5 Å². The smallest absolute Gasteiger partial charge is 0.0459 e. The Labute approximate surface area is 102 Å². The monoisotopic (exact) mass is 228 g/mol. The Morgan fingerprint density at radius 3 is 2.94 bits per heavy atom. The van der Waals surface area contributed by atoms with E-state index in [0.717, 1.165) is 6.54 Å². The Morgan fingerprint density at radius 1 is 1.29 bits per heavy atom. The maximum atomic E-state index is 5.75. The van der Waals surface area contributed by atoms with Crippen molar-refractivity contribution in [2.75, 3.05) is 6.54 Å². The van der Waals surface area contributed by atoms with Crippen molar-refractivity contribution < 1.29 is 0 Å². The molecular formula is C15H20N2. The SMILES string of the molecule is CC(CN)c1ccc2[nH]c3c(c2c1)CCCC3. The molecule has 1 aromatic heterocycles. The van der Waals surface area contributed by atoms with E-state index in [-0.39, 0.29) is 0 Å². The number of nitrogens with one attached hydrogen (secondary N) is 1. The molecule has 90 valence electrons. The first-order valence-corrected chi connectivity index (χ1v) is 6.63. The van der Waals surface area contributed by atoms with Crippen molar-refractivity contribution in [2.24, 2.45) is 5.73 Å². The van der Waals surface area contributed by atoms with E-state index in [1.54, 1.807) is 5.56 Å². The summed E-state index contributed by atoms with van der Waals surface area (Å²) in [6.07, 6.45) is 5.10. The molecule has 1 aliphatic carbocycles. The van der Waals surface area contributed by atoms with Crippen molar-refractivity contribution in [3.63, 3.8) is 0 Å². The number of aromatic nitrogens is 1. The molecule has 2 aromatic rings. The lowest BCUT2D eigenvalue weighted by Crippen LogP contribution is -2.08. The number of hydrogen-bond donors (Lipinski definition) is 2. The van der Waals surface area contributed by atoms with Gasteiger partial charge in [0, 0.05) is 16.6 Å². The van der Waals surface area contributed by atoms with Gasteiger partial charge in [0.15, 0.2) is 0 Å². The number of hydrogen-bond acceptors (Lipinski definition) is 1. The summed E-state index contributed by atoms with van der Waals surface area (Å²) in [5, 5.41) is 1.43. The van der Waals surface area contributed by atoms with Gasteiger partial charge >= 0.3 is 0 Å². The first kappa shape index (κ1) is 10.8. The van der Waals surface area contributed by atoms with E-state index in [9.17, 15) is 0 Å². The maximum absolute atomic E-state index is 5.75. The second-order valence-electron chi connectivity index (χ2n) is 5.23. The van der Waals surface area contributed by atoms with Crippen molar-refractivity contribution in [3.8, 4) is 0 Å². The van der Waals surface area contributed by atoms with E-state index in [1.807, 2.05) is 0 Å². The van der Waals surface area contributed by atoms with E-state index < -0.39 is 0 Å². The summed E-state index contributed by atoms with van der Waals surface area (Å²) < 4.78 is 0. The summed E-state index contributed by atoms with van der Waals surface area (Å²) in [6.45, 7) is 2.92. The molecule has 0 saturated heterocycles. The number of nitrogens with two attached hydrogens (primary N) is 1. The minimum atomic E-state index is 0.452. The molecule has 17 heavy (non-hydrogen) atoms. The van der Waals surface area contributed by atoms with Crippen LogP contribution in [0.4, 0.5) is 0 Å². The molecule has 1 unspecified atom stereocenters. The molecular weight excluding hydrogens is 208 g/mol. The fourth-order valence-corrected chi connectivity index (χ4v) is 2.87. The molecule has 1 heterocycles. The molecule has 2 heteroatoms. The van der Waals surface area contributed by atoms with Gasteiger partial charge in [-0.25, -0.2) is 0 Å². The van der Waals surface area contributed by atoms with Gasteiger partial charge in [0.1, 0.15) is 0 Å². The number of rotatable bonds is 2. The van der Waals surface area contributed by atoms with Gasteiger partial charge in [0.05, 0.1) is 0 Å². The van der Waals surface area contributed by atoms with E-state index in [4.69, 9.17) is 5.73 Å². The highest BCUT2D eigenvalue weighted by Gasteiger charge is 2.16. The molecule has 1 aromatic carbocycles. The van der Waals surface area contributed by atoms with Gasteiger partial charge in [-0.1, -0.05) is 13.0 Å². The van der Waals surface area contributed by atoms with Crippen LogP contribution in [0.2, 0.25) is 0 Å². The zero-order valence-corrected chi connectivity index (χ0v) is 10.4.